The van der Waals surface area contributed by atoms with Crippen LogP contribution in [-0.4, -0.2) is 6.61 Å². The Bertz CT molecular complexity index is 620. The number of rotatable bonds is 4. The second kappa shape index (κ2) is 5.88. The molecule has 0 fully saturated rings. The van der Waals surface area contributed by atoms with Gasteiger partial charge in [-0.25, -0.2) is 5.43 Å². The van der Waals surface area contributed by atoms with E-state index in [1.807, 2.05) is 0 Å². The van der Waals surface area contributed by atoms with Crippen LogP contribution in [0.1, 0.15) is 48.1 Å². The van der Waals surface area contributed by atoms with E-state index in [1.165, 1.54) is 11.1 Å². The number of hydrazine groups is 1. The van der Waals surface area contributed by atoms with Crippen molar-refractivity contribution in [2.45, 2.75) is 32.2 Å². The first-order chi connectivity index (χ1) is 10.2. The van der Waals surface area contributed by atoms with E-state index in [-0.39, 0.29) is 6.04 Å². The summed E-state index contributed by atoms with van der Waals surface area (Å²) < 4.78 is 5.80. The molecule has 1 atom stereocenters. The van der Waals surface area contributed by atoms with E-state index in [4.69, 9.17) is 10.6 Å². The molecule has 110 valence electrons. The zero-order chi connectivity index (χ0) is 14.8. The Kier molecular flexibility index (Phi) is 3.95. The van der Waals surface area contributed by atoms with Crippen molar-refractivity contribution in [3.63, 3.8) is 0 Å². The molecule has 1 aliphatic heterocycles. The van der Waals surface area contributed by atoms with Crippen molar-refractivity contribution < 1.29 is 4.74 Å². The highest BCUT2D eigenvalue weighted by atomic mass is 16.5. The van der Waals surface area contributed by atoms with Crippen LogP contribution in [-0.2, 0) is 6.42 Å². The van der Waals surface area contributed by atoms with Gasteiger partial charge >= 0.3 is 0 Å². The summed E-state index contributed by atoms with van der Waals surface area (Å²) in [6.07, 6.45) is 0.979. The van der Waals surface area contributed by atoms with Gasteiger partial charge in [0.1, 0.15) is 5.75 Å². The number of hydrogen-bond acceptors (Lipinski definition) is 3. The largest absolute Gasteiger partial charge is 0.493 e. The minimum atomic E-state index is -0.0423. The standard InChI is InChI=1S/C18H22N2O/c1-12(2)13-6-8-14(9-7-13)17(20-19)16-5-3-4-15-10-11-21-18(15)16/h3-9,12,17,20H,10-11,19H2,1-2H3. The van der Waals surface area contributed by atoms with Crippen LogP contribution in [0.15, 0.2) is 42.5 Å². The van der Waals surface area contributed by atoms with Crippen LogP contribution in [0.2, 0.25) is 0 Å². The lowest BCUT2D eigenvalue weighted by Crippen LogP contribution is -2.29. The molecule has 0 amide bonds. The molecule has 2 aromatic carbocycles. The van der Waals surface area contributed by atoms with Gasteiger partial charge in [0, 0.05) is 12.0 Å². The second-order valence-corrected chi connectivity index (χ2v) is 5.85. The molecule has 0 saturated carbocycles. The topological polar surface area (TPSA) is 47.3 Å². The van der Waals surface area contributed by atoms with Crippen molar-refractivity contribution >= 4 is 0 Å². The maximum Gasteiger partial charge on any atom is 0.127 e. The summed E-state index contributed by atoms with van der Waals surface area (Å²) >= 11 is 0. The van der Waals surface area contributed by atoms with Gasteiger partial charge in [-0.05, 0) is 22.6 Å². The Labute approximate surface area is 126 Å². The van der Waals surface area contributed by atoms with Crippen molar-refractivity contribution in [1.82, 2.24) is 5.43 Å². The lowest BCUT2D eigenvalue weighted by Gasteiger charge is -2.20. The number of nitrogens with two attached hydrogens (primary N) is 1. The Morgan fingerprint density at radius 3 is 2.43 bits per heavy atom. The number of hydrogen-bond donors (Lipinski definition) is 2. The van der Waals surface area contributed by atoms with Crippen LogP contribution in [0.5, 0.6) is 5.75 Å². The van der Waals surface area contributed by atoms with Crippen LogP contribution in [0.4, 0.5) is 0 Å². The Morgan fingerprint density at radius 2 is 1.76 bits per heavy atom. The third-order valence-corrected chi connectivity index (χ3v) is 4.16. The minimum Gasteiger partial charge on any atom is -0.493 e. The van der Waals surface area contributed by atoms with E-state index in [2.05, 4.69) is 61.7 Å². The summed E-state index contributed by atoms with van der Waals surface area (Å²) in [6.45, 7) is 5.16. The van der Waals surface area contributed by atoms with Crippen molar-refractivity contribution in [3.8, 4) is 5.75 Å². The summed E-state index contributed by atoms with van der Waals surface area (Å²) in [4.78, 5) is 0. The molecule has 0 spiro atoms. The predicted molar refractivity (Wildman–Crippen MR) is 85.3 cm³/mol. The molecular formula is C18H22N2O. The highest BCUT2D eigenvalue weighted by Gasteiger charge is 2.22. The summed E-state index contributed by atoms with van der Waals surface area (Å²) in [6, 6.07) is 14.9. The average molecular weight is 282 g/mol. The molecule has 3 heteroatoms. The molecular weight excluding hydrogens is 260 g/mol. The lowest BCUT2D eigenvalue weighted by atomic mass is 9.94. The van der Waals surface area contributed by atoms with Gasteiger partial charge < -0.3 is 4.74 Å². The SMILES string of the molecule is CC(C)c1ccc(C(NN)c2cccc3c2OCC3)cc1. The van der Waals surface area contributed by atoms with E-state index >= 15 is 0 Å². The second-order valence-electron chi connectivity index (χ2n) is 5.85. The van der Waals surface area contributed by atoms with Gasteiger partial charge in [0.25, 0.3) is 0 Å². The molecule has 3 nitrogen and oxygen atoms in total. The zero-order valence-electron chi connectivity index (χ0n) is 12.6. The maximum absolute atomic E-state index is 5.82. The van der Waals surface area contributed by atoms with E-state index < -0.39 is 0 Å². The van der Waals surface area contributed by atoms with Gasteiger partial charge in [-0.15, -0.1) is 0 Å². The Balaban J connectivity index is 1.97. The first kappa shape index (κ1) is 14.1. The fourth-order valence-electron chi connectivity index (χ4n) is 2.91. The zero-order valence-corrected chi connectivity index (χ0v) is 12.6. The van der Waals surface area contributed by atoms with Crippen molar-refractivity contribution in [2.24, 2.45) is 5.84 Å². The van der Waals surface area contributed by atoms with Gasteiger partial charge in [-0.3, -0.25) is 5.84 Å². The van der Waals surface area contributed by atoms with E-state index in [1.54, 1.807) is 0 Å². The van der Waals surface area contributed by atoms with Crippen molar-refractivity contribution in [2.75, 3.05) is 6.61 Å². The maximum atomic E-state index is 5.82. The Morgan fingerprint density at radius 1 is 1.05 bits per heavy atom. The molecule has 0 bridgehead atoms. The molecule has 0 aliphatic carbocycles. The lowest BCUT2D eigenvalue weighted by molar-refractivity contribution is 0.350. The summed E-state index contributed by atoms with van der Waals surface area (Å²) in [7, 11) is 0. The first-order valence-corrected chi connectivity index (χ1v) is 7.51. The van der Waals surface area contributed by atoms with Gasteiger partial charge in [0.2, 0.25) is 0 Å². The summed E-state index contributed by atoms with van der Waals surface area (Å²) in [5.41, 5.74) is 7.81. The molecule has 3 N–H and O–H groups in total. The Hall–Kier alpha value is -1.84. The van der Waals surface area contributed by atoms with Gasteiger partial charge in [-0.1, -0.05) is 56.3 Å². The predicted octanol–water partition coefficient (Wildman–Crippen LogP) is 3.30. The summed E-state index contributed by atoms with van der Waals surface area (Å²) in [5.74, 6) is 7.35. The van der Waals surface area contributed by atoms with Gasteiger partial charge in [-0.2, -0.15) is 0 Å². The third kappa shape index (κ3) is 2.67. The highest BCUT2D eigenvalue weighted by molar-refractivity contribution is 5.48. The summed E-state index contributed by atoms with van der Waals surface area (Å²) in [5, 5.41) is 0. The first-order valence-electron chi connectivity index (χ1n) is 7.51. The molecule has 0 saturated heterocycles. The van der Waals surface area contributed by atoms with Crippen molar-refractivity contribution in [3.05, 3.63) is 64.7 Å². The van der Waals surface area contributed by atoms with Crippen LogP contribution >= 0.6 is 0 Å². The number of para-hydroxylation sites is 1. The molecule has 0 aromatic heterocycles. The number of nitrogens with one attached hydrogen (secondary N) is 1. The molecule has 1 aliphatic rings. The third-order valence-electron chi connectivity index (χ3n) is 4.16. The van der Waals surface area contributed by atoms with Gasteiger partial charge in [0.15, 0.2) is 0 Å². The fourth-order valence-corrected chi connectivity index (χ4v) is 2.91. The quantitative estimate of drug-likeness (QED) is 0.668. The molecule has 3 rings (SSSR count). The molecule has 1 heterocycles. The smallest absolute Gasteiger partial charge is 0.127 e. The van der Waals surface area contributed by atoms with E-state index in [0.29, 0.717) is 5.92 Å². The normalized spacial score (nSPS) is 14.9. The molecule has 0 radical (unpaired) electrons. The van der Waals surface area contributed by atoms with E-state index in [9.17, 15) is 0 Å². The number of ether oxygens (including phenoxy) is 1. The molecule has 1 unspecified atom stereocenters. The highest BCUT2D eigenvalue weighted by Crippen LogP contribution is 2.36. The van der Waals surface area contributed by atoms with Crippen LogP contribution in [0, 0.1) is 0 Å². The van der Waals surface area contributed by atoms with E-state index in [0.717, 1.165) is 29.9 Å². The minimum absolute atomic E-state index is 0.0423. The number of benzene rings is 2. The monoisotopic (exact) mass is 282 g/mol. The van der Waals surface area contributed by atoms with Crippen LogP contribution < -0.4 is 16.0 Å². The average Bonchev–Trinajstić information content (AvgIpc) is 2.98. The fraction of sp³-hybridized carbons (Fsp3) is 0.333. The number of fused-ring (bicyclic) bond motifs is 1. The van der Waals surface area contributed by atoms with Crippen LogP contribution in [0.25, 0.3) is 0 Å². The molecule has 21 heavy (non-hydrogen) atoms. The molecule has 2 aromatic rings. The van der Waals surface area contributed by atoms with Gasteiger partial charge in [0.05, 0.1) is 12.6 Å². The van der Waals surface area contributed by atoms with Crippen LogP contribution in [0.3, 0.4) is 0 Å². The van der Waals surface area contributed by atoms with Crippen molar-refractivity contribution in [1.29, 1.82) is 0 Å².